The Kier molecular flexibility index (Phi) is 5.21. The van der Waals surface area contributed by atoms with Gasteiger partial charge in [-0.3, -0.25) is 9.69 Å². The Hall–Kier alpha value is -1.37. The largest absolute Gasteiger partial charge is 0.492 e. The average Bonchev–Trinajstić information content (AvgIpc) is 3.02. The molecule has 5 rings (SSSR count). The minimum absolute atomic E-state index is 0. The van der Waals surface area contributed by atoms with Crippen molar-refractivity contribution >= 4 is 39.7 Å². The van der Waals surface area contributed by atoms with Gasteiger partial charge in [-0.25, -0.2) is 4.39 Å². The fourth-order valence-corrected chi connectivity index (χ4v) is 5.52. The summed E-state index contributed by atoms with van der Waals surface area (Å²) >= 11 is 1.29. The summed E-state index contributed by atoms with van der Waals surface area (Å²) in [6, 6.07) is 5.04. The molecule has 4 heterocycles. The number of methoxy groups -OCH3 is 1. The molecule has 2 bridgehead atoms. The molecule has 3 aliphatic heterocycles. The molecule has 7 heteroatoms. The summed E-state index contributed by atoms with van der Waals surface area (Å²) in [4.78, 5) is 16.0. The summed E-state index contributed by atoms with van der Waals surface area (Å²) in [5.74, 6) is 0.271. The Morgan fingerprint density at radius 2 is 2.04 bits per heavy atom. The van der Waals surface area contributed by atoms with E-state index in [-0.39, 0.29) is 35.6 Å². The molecule has 4 nitrogen and oxygen atoms in total. The van der Waals surface area contributed by atoms with E-state index in [0.29, 0.717) is 15.5 Å². The zero-order valence-corrected chi connectivity index (χ0v) is 16.8. The number of thiophene rings is 1. The standard InChI is InChI=1S/C19H23FN2O2S.ClH/c1-19(2)17(11-6-8-22(19)9-7-11)21-18(23)14-10-12-4-5-13(20)15(24-3)16(12)25-14;/h4-5,10-11,17H,6-9H2,1-3H3,(H,21,23);1H/t17-;/m1./s1. The van der Waals surface area contributed by atoms with Crippen LogP contribution in [0.3, 0.4) is 0 Å². The molecule has 3 fully saturated rings. The third kappa shape index (κ3) is 2.98. The lowest BCUT2D eigenvalue weighted by Gasteiger charge is -2.56. The number of benzene rings is 1. The summed E-state index contributed by atoms with van der Waals surface area (Å²) in [5, 5.41) is 4.10. The molecule has 26 heavy (non-hydrogen) atoms. The Morgan fingerprint density at radius 3 is 2.65 bits per heavy atom. The van der Waals surface area contributed by atoms with Crippen LogP contribution in [0.1, 0.15) is 36.4 Å². The zero-order chi connectivity index (χ0) is 17.8. The average molecular weight is 399 g/mol. The third-order valence-electron chi connectivity index (χ3n) is 5.89. The lowest BCUT2D eigenvalue weighted by atomic mass is 9.72. The first-order valence-corrected chi connectivity index (χ1v) is 9.55. The quantitative estimate of drug-likeness (QED) is 0.847. The summed E-state index contributed by atoms with van der Waals surface area (Å²) in [6.07, 6.45) is 2.28. The molecule has 142 valence electrons. The molecule has 0 spiro atoms. The number of hydrogen-bond donors (Lipinski definition) is 1. The van der Waals surface area contributed by atoms with Crippen LogP contribution in [0.2, 0.25) is 0 Å². The van der Waals surface area contributed by atoms with E-state index in [0.717, 1.165) is 31.3 Å². The van der Waals surface area contributed by atoms with Gasteiger partial charge in [0.25, 0.3) is 5.91 Å². The highest BCUT2D eigenvalue weighted by molar-refractivity contribution is 7.21. The van der Waals surface area contributed by atoms with Crippen molar-refractivity contribution in [2.75, 3.05) is 20.2 Å². The predicted octanol–water partition coefficient (Wildman–Crippen LogP) is 4.07. The van der Waals surface area contributed by atoms with Crippen LogP contribution in [0.4, 0.5) is 4.39 Å². The number of fused-ring (bicyclic) bond motifs is 4. The van der Waals surface area contributed by atoms with E-state index in [4.69, 9.17) is 4.74 Å². The van der Waals surface area contributed by atoms with Gasteiger partial charge < -0.3 is 10.1 Å². The first-order chi connectivity index (χ1) is 11.9. The van der Waals surface area contributed by atoms with Gasteiger partial charge in [-0.2, -0.15) is 0 Å². The van der Waals surface area contributed by atoms with E-state index in [1.165, 1.54) is 24.5 Å². The van der Waals surface area contributed by atoms with Gasteiger partial charge in [0.1, 0.15) is 0 Å². The fraction of sp³-hybridized carbons (Fsp3) is 0.526. The highest BCUT2D eigenvalue weighted by Crippen LogP contribution is 2.40. The normalized spacial score (nSPS) is 26.4. The van der Waals surface area contributed by atoms with Gasteiger partial charge in [-0.15, -0.1) is 23.7 Å². The van der Waals surface area contributed by atoms with Gasteiger partial charge in [0, 0.05) is 11.6 Å². The lowest BCUT2D eigenvalue weighted by Crippen LogP contribution is -2.69. The van der Waals surface area contributed by atoms with Gasteiger partial charge in [0.2, 0.25) is 0 Å². The Bertz CT molecular complexity index is 830. The van der Waals surface area contributed by atoms with Crippen LogP contribution in [-0.4, -0.2) is 42.6 Å². The smallest absolute Gasteiger partial charge is 0.261 e. The van der Waals surface area contributed by atoms with Crippen molar-refractivity contribution in [3.8, 4) is 5.75 Å². The number of carbonyl (C=O) groups is 1. The monoisotopic (exact) mass is 398 g/mol. The number of amides is 1. The fourth-order valence-electron chi connectivity index (χ4n) is 4.44. The molecule has 1 N–H and O–H groups in total. The summed E-state index contributed by atoms with van der Waals surface area (Å²) in [5.41, 5.74) is -0.0304. The second kappa shape index (κ2) is 6.98. The second-order valence-corrected chi connectivity index (χ2v) is 8.59. The van der Waals surface area contributed by atoms with E-state index in [1.54, 1.807) is 6.07 Å². The van der Waals surface area contributed by atoms with E-state index in [1.807, 2.05) is 6.07 Å². The van der Waals surface area contributed by atoms with E-state index < -0.39 is 5.82 Å². The van der Waals surface area contributed by atoms with Crippen LogP contribution in [0, 0.1) is 11.7 Å². The number of rotatable bonds is 3. The van der Waals surface area contributed by atoms with Gasteiger partial charge >= 0.3 is 0 Å². The third-order valence-corrected chi connectivity index (χ3v) is 7.04. The van der Waals surface area contributed by atoms with Crippen molar-refractivity contribution < 1.29 is 13.9 Å². The number of ether oxygens (including phenoxy) is 1. The SMILES string of the molecule is COc1c(F)ccc2cc(C(=O)N[C@@H]3C4CCN(CC4)C3(C)C)sc12.Cl. The molecule has 1 amide bonds. The molecule has 1 atom stereocenters. The van der Waals surface area contributed by atoms with E-state index in [2.05, 4.69) is 24.1 Å². The molecule has 1 aromatic carbocycles. The van der Waals surface area contributed by atoms with Crippen LogP contribution >= 0.6 is 23.7 Å². The first kappa shape index (κ1) is 19.4. The van der Waals surface area contributed by atoms with Crippen molar-refractivity contribution in [1.29, 1.82) is 0 Å². The molecular weight excluding hydrogens is 375 g/mol. The predicted molar refractivity (Wildman–Crippen MR) is 105 cm³/mol. The molecule has 2 aromatic rings. The maximum atomic E-state index is 13.9. The Morgan fingerprint density at radius 1 is 1.35 bits per heavy atom. The number of carbonyl (C=O) groups excluding carboxylic acids is 1. The Labute approximate surface area is 163 Å². The molecule has 0 saturated carbocycles. The van der Waals surface area contributed by atoms with Crippen molar-refractivity contribution in [2.24, 2.45) is 5.92 Å². The van der Waals surface area contributed by atoms with Crippen LogP contribution in [0.15, 0.2) is 18.2 Å². The number of nitrogens with one attached hydrogen (secondary N) is 1. The van der Waals surface area contributed by atoms with Crippen molar-refractivity contribution in [3.05, 3.63) is 28.9 Å². The van der Waals surface area contributed by atoms with Gasteiger partial charge in [0.05, 0.1) is 16.7 Å². The van der Waals surface area contributed by atoms with E-state index >= 15 is 0 Å². The van der Waals surface area contributed by atoms with Crippen molar-refractivity contribution in [3.63, 3.8) is 0 Å². The van der Waals surface area contributed by atoms with E-state index in [9.17, 15) is 9.18 Å². The Balaban J connectivity index is 0.00000196. The highest BCUT2D eigenvalue weighted by atomic mass is 35.5. The summed E-state index contributed by atoms with van der Waals surface area (Å²) in [7, 11) is 1.45. The molecule has 1 aromatic heterocycles. The van der Waals surface area contributed by atoms with Crippen LogP contribution < -0.4 is 10.1 Å². The van der Waals surface area contributed by atoms with Crippen LogP contribution in [0.5, 0.6) is 5.75 Å². The molecular formula is C19H24ClFN2O2S. The minimum Gasteiger partial charge on any atom is -0.492 e. The number of halogens is 2. The summed E-state index contributed by atoms with van der Waals surface area (Å²) in [6.45, 7) is 6.66. The highest BCUT2D eigenvalue weighted by Gasteiger charge is 2.48. The lowest BCUT2D eigenvalue weighted by molar-refractivity contribution is -0.0377. The maximum absolute atomic E-state index is 13.9. The zero-order valence-electron chi connectivity index (χ0n) is 15.2. The number of nitrogens with zero attached hydrogens (tertiary/aromatic N) is 1. The first-order valence-electron chi connectivity index (χ1n) is 8.74. The van der Waals surface area contributed by atoms with Crippen molar-refractivity contribution in [1.82, 2.24) is 10.2 Å². The minimum atomic E-state index is -0.401. The number of piperidine rings is 3. The molecule has 3 aliphatic rings. The molecule has 0 radical (unpaired) electrons. The summed E-state index contributed by atoms with van der Waals surface area (Å²) < 4.78 is 19.7. The van der Waals surface area contributed by atoms with Gasteiger partial charge in [-0.05, 0) is 63.2 Å². The second-order valence-electron chi connectivity index (χ2n) is 7.54. The van der Waals surface area contributed by atoms with Gasteiger partial charge in [-0.1, -0.05) is 6.07 Å². The molecule has 0 aliphatic carbocycles. The topological polar surface area (TPSA) is 41.6 Å². The molecule has 3 saturated heterocycles. The number of hydrogen-bond acceptors (Lipinski definition) is 4. The van der Waals surface area contributed by atoms with Gasteiger partial charge in [0.15, 0.2) is 11.6 Å². The van der Waals surface area contributed by atoms with Crippen LogP contribution in [-0.2, 0) is 0 Å². The molecule has 0 unspecified atom stereocenters. The van der Waals surface area contributed by atoms with Crippen molar-refractivity contribution in [2.45, 2.75) is 38.3 Å². The van der Waals surface area contributed by atoms with Crippen LogP contribution in [0.25, 0.3) is 10.1 Å². The maximum Gasteiger partial charge on any atom is 0.261 e.